The summed E-state index contributed by atoms with van der Waals surface area (Å²) < 4.78 is 24.6. The summed E-state index contributed by atoms with van der Waals surface area (Å²) in [7, 11) is -3.20. The summed E-state index contributed by atoms with van der Waals surface area (Å²) in [4.78, 5) is 12.2. The van der Waals surface area contributed by atoms with Crippen LogP contribution in [0.15, 0.2) is 24.3 Å². The van der Waals surface area contributed by atoms with Gasteiger partial charge in [0.05, 0.1) is 6.26 Å². The number of carbonyl (C=O) groups is 1. The van der Waals surface area contributed by atoms with E-state index in [9.17, 15) is 13.2 Å². The molecule has 134 valence electrons. The van der Waals surface area contributed by atoms with Crippen molar-refractivity contribution in [3.63, 3.8) is 0 Å². The summed E-state index contributed by atoms with van der Waals surface area (Å²) in [6, 6.07) is 7.21. The van der Waals surface area contributed by atoms with Gasteiger partial charge in [-0.3, -0.25) is 4.79 Å². The highest BCUT2D eigenvalue weighted by molar-refractivity contribution is 7.88. The van der Waals surface area contributed by atoms with E-state index in [4.69, 9.17) is 0 Å². The van der Waals surface area contributed by atoms with Crippen molar-refractivity contribution < 1.29 is 13.2 Å². The molecular formula is C17H27N3O3S. The van der Waals surface area contributed by atoms with E-state index in [1.54, 1.807) is 12.1 Å². The van der Waals surface area contributed by atoms with Gasteiger partial charge in [0.2, 0.25) is 15.9 Å². The Morgan fingerprint density at radius 3 is 2.62 bits per heavy atom. The summed E-state index contributed by atoms with van der Waals surface area (Å²) in [6.45, 7) is 4.46. The van der Waals surface area contributed by atoms with Crippen LogP contribution in [0.5, 0.6) is 0 Å². The van der Waals surface area contributed by atoms with Gasteiger partial charge >= 0.3 is 0 Å². The van der Waals surface area contributed by atoms with Crippen molar-refractivity contribution in [3.8, 4) is 0 Å². The van der Waals surface area contributed by atoms with Gasteiger partial charge in [0, 0.05) is 18.7 Å². The number of piperidine rings is 1. The Kier molecular flexibility index (Phi) is 6.77. The van der Waals surface area contributed by atoms with E-state index >= 15 is 0 Å². The topological polar surface area (TPSA) is 87.3 Å². The maximum Gasteiger partial charge on any atom is 0.224 e. The average Bonchev–Trinajstić information content (AvgIpc) is 2.54. The lowest BCUT2D eigenvalue weighted by Gasteiger charge is -2.28. The first-order chi connectivity index (χ1) is 11.3. The summed E-state index contributed by atoms with van der Waals surface area (Å²) in [5.74, 6) is 0.945. The third kappa shape index (κ3) is 6.59. The first-order valence-corrected chi connectivity index (χ1v) is 10.3. The molecule has 3 N–H and O–H groups in total. The zero-order valence-corrected chi connectivity index (χ0v) is 15.2. The van der Waals surface area contributed by atoms with Gasteiger partial charge < -0.3 is 10.6 Å². The first-order valence-electron chi connectivity index (χ1n) is 8.37. The maximum atomic E-state index is 12.2. The highest BCUT2D eigenvalue weighted by Crippen LogP contribution is 2.23. The zero-order chi connectivity index (χ0) is 17.6. The molecule has 24 heavy (non-hydrogen) atoms. The zero-order valence-electron chi connectivity index (χ0n) is 14.3. The maximum absolute atomic E-state index is 12.2. The van der Waals surface area contributed by atoms with Gasteiger partial charge in [-0.2, -0.15) is 0 Å². The Hall–Kier alpha value is -1.44. The molecule has 0 bridgehead atoms. The number of carbonyl (C=O) groups excluding carboxylic acids is 1. The Morgan fingerprint density at radius 1 is 1.33 bits per heavy atom. The number of sulfonamides is 1. The van der Waals surface area contributed by atoms with E-state index in [1.807, 2.05) is 12.1 Å². The summed E-state index contributed by atoms with van der Waals surface area (Å²) in [5.41, 5.74) is 1.58. The van der Waals surface area contributed by atoms with Gasteiger partial charge in [0.15, 0.2) is 0 Å². The number of rotatable bonds is 7. The molecule has 2 atom stereocenters. The Morgan fingerprint density at radius 2 is 2.04 bits per heavy atom. The van der Waals surface area contributed by atoms with Gasteiger partial charge in [-0.15, -0.1) is 0 Å². The van der Waals surface area contributed by atoms with E-state index in [1.165, 1.54) is 12.8 Å². The number of benzene rings is 1. The lowest BCUT2D eigenvalue weighted by Crippen LogP contribution is -2.34. The third-order valence-corrected chi connectivity index (χ3v) is 5.09. The largest absolute Gasteiger partial charge is 0.326 e. The smallest absolute Gasteiger partial charge is 0.224 e. The SMILES string of the molecule is CC(CC(=O)Nc1ccc(CNS(C)(=O)=O)cc1)C1CCCNC1. The van der Waals surface area contributed by atoms with Crippen LogP contribution in [0.4, 0.5) is 5.69 Å². The number of nitrogens with one attached hydrogen (secondary N) is 3. The molecule has 0 radical (unpaired) electrons. The van der Waals surface area contributed by atoms with Crippen LogP contribution in [0.3, 0.4) is 0 Å². The molecular weight excluding hydrogens is 326 g/mol. The van der Waals surface area contributed by atoms with Crippen molar-refractivity contribution in [2.75, 3.05) is 24.7 Å². The predicted molar refractivity (Wildman–Crippen MR) is 96.1 cm³/mol. The van der Waals surface area contributed by atoms with E-state index in [-0.39, 0.29) is 12.5 Å². The van der Waals surface area contributed by atoms with Crippen molar-refractivity contribution in [3.05, 3.63) is 29.8 Å². The Bertz CT molecular complexity index is 638. The minimum absolute atomic E-state index is 0.0232. The van der Waals surface area contributed by atoms with Crippen LogP contribution in [0.1, 0.15) is 31.7 Å². The standard InChI is InChI=1S/C17H27N3O3S/c1-13(15-4-3-9-18-12-15)10-17(21)20-16-7-5-14(6-8-16)11-19-24(2,22)23/h5-8,13,15,18-19H,3-4,9-12H2,1-2H3,(H,20,21). The second-order valence-electron chi connectivity index (χ2n) is 6.63. The number of anilines is 1. The molecule has 0 spiro atoms. The first kappa shape index (κ1) is 18.9. The summed E-state index contributed by atoms with van der Waals surface area (Å²) >= 11 is 0. The monoisotopic (exact) mass is 353 g/mol. The highest BCUT2D eigenvalue weighted by Gasteiger charge is 2.21. The van der Waals surface area contributed by atoms with Gasteiger partial charge in [-0.05, 0) is 55.5 Å². The summed E-state index contributed by atoms with van der Waals surface area (Å²) in [5, 5.41) is 6.30. The molecule has 0 aromatic heterocycles. The molecule has 1 fully saturated rings. The molecule has 1 amide bonds. The second-order valence-corrected chi connectivity index (χ2v) is 8.46. The van der Waals surface area contributed by atoms with Crippen LogP contribution >= 0.6 is 0 Å². The van der Waals surface area contributed by atoms with Gasteiger partial charge in [-0.25, -0.2) is 13.1 Å². The fourth-order valence-electron chi connectivity index (χ4n) is 2.96. The van der Waals surface area contributed by atoms with Crippen molar-refractivity contribution in [2.24, 2.45) is 11.8 Å². The van der Waals surface area contributed by atoms with Crippen molar-refractivity contribution >= 4 is 21.6 Å². The van der Waals surface area contributed by atoms with Crippen molar-refractivity contribution in [2.45, 2.75) is 32.7 Å². The molecule has 1 saturated heterocycles. The van der Waals surface area contributed by atoms with Gasteiger partial charge in [0.1, 0.15) is 0 Å². The van der Waals surface area contributed by atoms with E-state index in [0.717, 1.165) is 30.6 Å². The minimum Gasteiger partial charge on any atom is -0.326 e. The molecule has 1 aliphatic heterocycles. The fourth-order valence-corrected chi connectivity index (χ4v) is 3.38. The molecule has 1 aliphatic rings. The summed E-state index contributed by atoms with van der Waals surface area (Å²) in [6.07, 6.45) is 4.01. The van der Waals surface area contributed by atoms with Crippen molar-refractivity contribution in [1.82, 2.24) is 10.0 Å². The highest BCUT2D eigenvalue weighted by atomic mass is 32.2. The minimum atomic E-state index is -3.20. The van der Waals surface area contributed by atoms with E-state index in [0.29, 0.717) is 18.3 Å². The van der Waals surface area contributed by atoms with Crippen LogP contribution in [-0.4, -0.2) is 33.7 Å². The lowest BCUT2D eigenvalue weighted by molar-refractivity contribution is -0.117. The normalized spacial score (nSPS) is 19.7. The Labute approximate surface area is 144 Å². The van der Waals surface area contributed by atoms with Crippen LogP contribution in [0.25, 0.3) is 0 Å². The van der Waals surface area contributed by atoms with E-state index < -0.39 is 10.0 Å². The molecule has 6 nitrogen and oxygen atoms in total. The molecule has 1 aromatic carbocycles. The fraction of sp³-hybridized carbons (Fsp3) is 0.588. The molecule has 1 aromatic rings. The molecule has 7 heteroatoms. The number of amides is 1. The van der Waals surface area contributed by atoms with E-state index in [2.05, 4.69) is 22.3 Å². The quantitative estimate of drug-likeness (QED) is 0.696. The Balaban J connectivity index is 1.80. The van der Waals surface area contributed by atoms with Crippen molar-refractivity contribution in [1.29, 1.82) is 0 Å². The number of hydrogen-bond donors (Lipinski definition) is 3. The molecule has 0 saturated carbocycles. The third-order valence-electron chi connectivity index (χ3n) is 4.42. The molecule has 0 aliphatic carbocycles. The molecule has 1 heterocycles. The van der Waals surface area contributed by atoms with Gasteiger partial charge in [0.25, 0.3) is 0 Å². The molecule has 2 rings (SSSR count). The second kappa shape index (κ2) is 8.60. The average molecular weight is 353 g/mol. The van der Waals surface area contributed by atoms with Crippen LogP contribution < -0.4 is 15.4 Å². The lowest BCUT2D eigenvalue weighted by atomic mass is 9.85. The predicted octanol–water partition coefficient (Wildman–Crippen LogP) is 1.70. The van der Waals surface area contributed by atoms with Crippen LogP contribution in [0, 0.1) is 11.8 Å². The van der Waals surface area contributed by atoms with Crippen LogP contribution in [-0.2, 0) is 21.4 Å². The van der Waals surface area contributed by atoms with Crippen LogP contribution in [0.2, 0.25) is 0 Å². The van der Waals surface area contributed by atoms with Gasteiger partial charge in [-0.1, -0.05) is 19.1 Å². The molecule has 2 unspecified atom stereocenters. The number of hydrogen-bond acceptors (Lipinski definition) is 4.